The van der Waals surface area contributed by atoms with Gasteiger partial charge in [-0.05, 0) is 24.6 Å². The van der Waals surface area contributed by atoms with Gasteiger partial charge in [0.25, 0.3) is 0 Å². The van der Waals surface area contributed by atoms with Gasteiger partial charge in [0.2, 0.25) is 5.36 Å². The minimum absolute atomic E-state index is 0.0189. The molecule has 0 spiro atoms. The second kappa shape index (κ2) is 8.58. The predicted octanol–water partition coefficient (Wildman–Crippen LogP) is 4.87. The fourth-order valence-corrected chi connectivity index (χ4v) is 6.12. The molecule has 0 radical (unpaired) electrons. The molecule has 2 saturated heterocycles. The van der Waals surface area contributed by atoms with E-state index in [1.165, 1.54) is 11.3 Å². The van der Waals surface area contributed by atoms with Crippen molar-refractivity contribution in [2.24, 2.45) is 0 Å². The maximum Gasteiger partial charge on any atom is 0.341 e. The van der Waals surface area contributed by atoms with E-state index in [2.05, 4.69) is 9.48 Å². The second-order valence-corrected chi connectivity index (χ2v) is 10.3. The number of rotatable bonds is 4. The summed E-state index contributed by atoms with van der Waals surface area (Å²) in [6.45, 7) is 3.55. The summed E-state index contributed by atoms with van der Waals surface area (Å²) in [5.41, 5.74) is -2.17. The van der Waals surface area contributed by atoms with Crippen LogP contribution in [0.4, 0.5) is 18.9 Å². The first kappa shape index (κ1) is 23.5. The number of aromatic carboxylic acids is 2. The van der Waals surface area contributed by atoms with Crippen LogP contribution in [0.2, 0.25) is 0 Å². The van der Waals surface area contributed by atoms with Crippen LogP contribution in [0.1, 0.15) is 33.6 Å². The first-order valence-electron chi connectivity index (χ1n) is 11.8. The van der Waals surface area contributed by atoms with Crippen molar-refractivity contribution in [1.29, 1.82) is 0 Å². The number of halogens is 3. The van der Waals surface area contributed by atoms with Crippen molar-refractivity contribution in [1.82, 2.24) is 4.58 Å². The lowest BCUT2D eigenvalue weighted by molar-refractivity contribution is 0.0666. The maximum atomic E-state index is 15.8. The number of hydrogen-bond donors (Lipinski definition) is 2. The van der Waals surface area contributed by atoms with Gasteiger partial charge in [-0.25, -0.2) is 27.3 Å². The molecule has 2 N–H and O–H groups in total. The number of carboxylic acids is 2. The first-order chi connectivity index (χ1) is 17.8. The molecule has 0 aromatic heterocycles. The van der Waals surface area contributed by atoms with E-state index in [1.54, 1.807) is 12.1 Å². The zero-order valence-electron chi connectivity index (χ0n) is 19.4. The third kappa shape index (κ3) is 3.58. The van der Waals surface area contributed by atoms with Gasteiger partial charge in [0, 0.05) is 62.6 Å². The van der Waals surface area contributed by atoms with Crippen molar-refractivity contribution in [3.05, 3.63) is 70.3 Å². The molecule has 3 heterocycles. The molecule has 0 amide bonds. The molecular formula is C27H20F3N2O4S+. The molecule has 10 heteroatoms. The van der Waals surface area contributed by atoms with Crippen molar-refractivity contribution >= 4 is 39.0 Å². The van der Waals surface area contributed by atoms with Gasteiger partial charge in [-0.2, -0.15) is 0 Å². The van der Waals surface area contributed by atoms with Crippen molar-refractivity contribution in [2.45, 2.75) is 12.8 Å². The highest BCUT2D eigenvalue weighted by Crippen LogP contribution is 2.47. The Morgan fingerprint density at radius 3 is 2.14 bits per heavy atom. The summed E-state index contributed by atoms with van der Waals surface area (Å²) < 4.78 is 48.3. The van der Waals surface area contributed by atoms with Gasteiger partial charge in [-0.1, -0.05) is 6.07 Å². The molecule has 0 bridgehead atoms. The molecule has 6 nitrogen and oxygen atoms in total. The van der Waals surface area contributed by atoms with Crippen LogP contribution in [-0.2, 0) is 0 Å². The average molecular weight is 526 g/mol. The highest BCUT2D eigenvalue weighted by molar-refractivity contribution is 7.21. The van der Waals surface area contributed by atoms with Crippen molar-refractivity contribution in [2.75, 3.05) is 31.1 Å². The van der Waals surface area contributed by atoms with Crippen LogP contribution in [0.3, 0.4) is 0 Å². The number of carboxylic acid groups (broad SMARTS) is 2. The summed E-state index contributed by atoms with van der Waals surface area (Å²) in [7, 11) is 0. The van der Waals surface area contributed by atoms with Gasteiger partial charge in [0.1, 0.15) is 30.0 Å². The van der Waals surface area contributed by atoms with Crippen LogP contribution in [0, 0.1) is 17.5 Å². The standard InChI is InChI=1S/C27H19F3N2O4S/c28-23-20(21(26(33)34)24(29)25(30)22(23)27(35)36)19-15-5-3-13(31-7-1-8-31)11-17(15)37-18-12-14(4-6-16(18)19)32-9-2-10-32/h3-6,11-12H,1-2,7-10H2,(H-,33,34,35,36)/p+1. The summed E-state index contributed by atoms with van der Waals surface area (Å²) >= 11 is 1.42. The third-order valence-electron chi connectivity index (χ3n) is 7.13. The normalized spacial score (nSPS) is 15.1. The molecule has 1 aliphatic carbocycles. The molecule has 4 aliphatic rings. The van der Waals surface area contributed by atoms with E-state index in [-0.39, 0.29) is 5.56 Å². The predicted molar refractivity (Wildman–Crippen MR) is 134 cm³/mol. The Bertz CT molecular complexity index is 1690. The Labute approximate surface area is 212 Å². The fraction of sp³-hybridized carbons (Fsp3) is 0.222. The average Bonchev–Trinajstić information content (AvgIpc) is 2.77. The second-order valence-electron chi connectivity index (χ2n) is 9.20. The zero-order chi connectivity index (χ0) is 26.0. The van der Waals surface area contributed by atoms with Gasteiger partial charge in [0.15, 0.2) is 11.6 Å². The summed E-state index contributed by atoms with van der Waals surface area (Å²) in [6, 6.07) is 10.8. The minimum Gasteiger partial charge on any atom is -0.478 e. The van der Waals surface area contributed by atoms with Gasteiger partial charge >= 0.3 is 11.9 Å². The van der Waals surface area contributed by atoms with Crippen LogP contribution in [0.5, 0.6) is 0 Å². The molecule has 6 rings (SSSR count). The minimum atomic E-state index is -2.04. The summed E-state index contributed by atoms with van der Waals surface area (Å²) in [4.78, 5) is 26.7. The van der Waals surface area contributed by atoms with E-state index in [0.29, 0.717) is 20.5 Å². The SMILES string of the molecule is O=C(O)c1c(F)c(F)c(C(=O)O)c(-c2c3ccc(=[N+]4CCC4)cc-3sc3cc(N4CCC4)ccc23)c1F. The summed E-state index contributed by atoms with van der Waals surface area (Å²) in [5, 5.41) is 20.6. The lowest BCUT2D eigenvalue weighted by atomic mass is 9.89. The van der Waals surface area contributed by atoms with E-state index in [4.69, 9.17) is 0 Å². The molecule has 0 atom stereocenters. The maximum absolute atomic E-state index is 15.8. The Balaban J connectivity index is 1.77. The number of benzene rings is 3. The van der Waals surface area contributed by atoms with Gasteiger partial charge < -0.3 is 15.1 Å². The van der Waals surface area contributed by atoms with Crippen molar-refractivity contribution in [3.63, 3.8) is 0 Å². The first-order valence-corrected chi connectivity index (χ1v) is 12.6. The topological polar surface area (TPSA) is 80.8 Å². The zero-order valence-corrected chi connectivity index (χ0v) is 20.2. The largest absolute Gasteiger partial charge is 0.478 e. The van der Waals surface area contributed by atoms with E-state index in [9.17, 15) is 24.2 Å². The molecule has 2 aromatic rings. The van der Waals surface area contributed by atoms with E-state index in [1.807, 2.05) is 24.3 Å². The lowest BCUT2D eigenvalue weighted by Gasteiger charge is -2.33. The Morgan fingerprint density at radius 1 is 0.838 bits per heavy atom. The number of nitrogens with zero attached hydrogens (tertiary/aromatic N) is 2. The van der Waals surface area contributed by atoms with Gasteiger partial charge in [0.05, 0.1) is 6.42 Å². The van der Waals surface area contributed by atoms with Gasteiger partial charge in [-0.3, -0.25) is 0 Å². The molecule has 0 saturated carbocycles. The third-order valence-corrected chi connectivity index (χ3v) is 8.25. The van der Waals surface area contributed by atoms with Crippen LogP contribution in [0.25, 0.3) is 31.7 Å². The molecule has 188 valence electrons. The smallest absolute Gasteiger partial charge is 0.341 e. The van der Waals surface area contributed by atoms with E-state index in [0.717, 1.165) is 50.1 Å². The lowest BCUT2D eigenvalue weighted by Crippen LogP contribution is -2.40. The number of anilines is 1. The van der Waals surface area contributed by atoms with Crippen LogP contribution in [0.15, 0.2) is 36.4 Å². The molecule has 3 aliphatic heterocycles. The van der Waals surface area contributed by atoms with E-state index < -0.39 is 46.1 Å². The molecule has 37 heavy (non-hydrogen) atoms. The number of hydrogen-bond acceptors (Lipinski definition) is 4. The molecule has 2 aromatic carbocycles. The fourth-order valence-electron chi connectivity index (χ4n) is 4.96. The van der Waals surface area contributed by atoms with Crippen LogP contribution < -0.4 is 14.8 Å². The Morgan fingerprint density at radius 2 is 1.54 bits per heavy atom. The summed E-state index contributed by atoms with van der Waals surface area (Å²) in [5.74, 6) is -9.51. The Hall–Kier alpha value is -3.92. The quantitative estimate of drug-likeness (QED) is 0.226. The Kier molecular flexibility index (Phi) is 5.45. The number of fused-ring (bicyclic) bond motifs is 2. The molecule has 0 unspecified atom stereocenters. The molecular weight excluding hydrogens is 505 g/mol. The van der Waals surface area contributed by atoms with Crippen molar-refractivity contribution < 1.29 is 33.0 Å². The van der Waals surface area contributed by atoms with Crippen LogP contribution in [-0.4, -0.2) is 48.3 Å². The van der Waals surface area contributed by atoms with Crippen LogP contribution >= 0.6 is 11.3 Å². The monoisotopic (exact) mass is 525 g/mol. The number of carbonyl (C=O) groups is 2. The highest BCUT2D eigenvalue weighted by atomic mass is 32.1. The van der Waals surface area contributed by atoms with Gasteiger partial charge in [-0.15, -0.1) is 11.3 Å². The molecule has 2 fully saturated rings. The van der Waals surface area contributed by atoms with E-state index >= 15 is 8.78 Å². The summed E-state index contributed by atoms with van der Waals surface area (Å²) in [6.07, 6.45) is 2.12. The van der Waals surface area contributed by atoms with Crippen molar-refractivity contribution in [3.8, 4) is 21.6 Å². The highest BCUT2D eigenvalue weighted by Gasteiger charge is 2.35.